The zero-order valence-corrected chi connectivity index (χ0v) is 26.4. The Morgan fingerprint density at radius 3 is 1.52 bits per heavy atom. The Kier molecular flexibility index (Phi) is 7.60. The second-order valence-corrected chi connectivity index (χ2v) is 12.8. The molecule has 2 nitrogen and oxygen atoms in total. The second-order valence-electron chi connectivity index (χ2n) is 12.8. The molecule has 0 heterocycles. The predicted molar refractivity (Wildman–Crippen MR) is 191 cm³/mol. The Hall–Kier alpha value is -4.56. The molecule has 4 aromatic rings. The molecule has 3 atom stereocenters. The first-order valence-corrected chi connectivity index (χ1v) is 16.2. The van der Waals surface area contributed by atoms with Crippen molar-refractivity contribution < 1.29 is 0 Å². The van der Waals surface area contributed by atoms with Gasteiger partial charge in [-0.25, -0.2) is 0 Å². The van der Waals surface area contributed by atoms with Crippen molar-refractivity contribution in [3.8, 4) is 0 Å². The van der Waals surface area contributed by atoms with Crippen LogP contribution in [0.4, 0.5) is 17.1 Å². The van der Waals surface area contributed by atoms with Crippen molar-refractivity contribution in [1.82, 2.24) is 0 Å². The molecule has 0 saturated carbocycles. The van der Waals surface area contributed by atoms with Gasteiger partial charge in [-0.2, -0.15) is 0 Å². The molecule has 3 aliphatic carbocycles. The van der Waals surface area contributed by atoms with Gasteiger partial charge in [0.05, 0.1) is 17.4 Å². The molecule has 0 N–H and O–H groups in total. The van der Waals surface area contributed by atoms with Crippen LogP contribution in [0.2, 0.25) is 0 Å². The number of nitrogens with zero attached hydrogens (tertiary/aromatic N) is 2. The van der Waals surface area contributed by atoms with Gasteiger partial charge >= 0.3 is 0 Å². The summed E-state index contributed by atoms with van der Waals surface area (Å²) in [5, 5.41) is 5.08. The highest BCUT2D eigenvalue weighted by Gasteiger charge is 2.28. The average molecular weight is 575 g/mol. The number of rotatable bonds is 6. The van der Waals surface area contributed by atoms with E-state index >= 15 is 0 Å². The predicted octanol–water partition coefficient (Wildman–Crippen LogP) is 11.5. The molecule has 0 fully saturated rings. The van der Waals surface area contributed by atoms with E-state index in [4.69, 9.17) is 0 Å². The average Bonchev–Trinajstić information content (AvgIpc) is 3.05. The van der Waals surface area contributed by atoms with Gasteiger partial charge in [0, 0.05) is 38.6 Å². The fraction of sp³-hybridized carbons (Fsp3) is 0.238. The zero-order valence-electron chi connectivity index (χ0n) is 26.4. The van der Waals surface area contributed by atoms with Gasteiger partial charge in [-0.1, -0.05) is 128 Å². The fourth-order valence-electron chi connectivity index (χ4n) is 6.85. The van der Waals surface area contributed by atoms with Crippen LogP contribution in [-0.4, -0.2) is 6.04 Å². The summed E-state index contributed by atoms with van der Waals surface area (Å²) >= 11 is 0. The Morgan fingerprint density at radius 1 is 0.545 bits per heavy atom. The smallest absolute Gasteiger partial charge is 0.0619 e. The van der Waals surface area contributed by atoms with Crippen LogP contribution in [0.5, 0.6) is 0 Å². The van der Waals surface area contributed by atoms with E-state index in [-0.39, 0.29) is 6.04 Å². The van der Waals surface area contributed by atoms with Gasteiger partial charge in [0.2, 0.25) is 0 Å². The van der Waals surface area contributed by atoms with E-state index in [1.807, 2.05) is 0 Å². The van der Waals surface area contributed by atoms with Crippen LogP contribution in [0.25, 0.3) is 21.5 Å². The van der Waals surface area contributed by atoms with Gasteiger partial charge in [-0.05, 0) is 69.2 Å². The largest absolute Gasteiger partial charge is 0.333 e. The van der Waals surface area contributed by atoms with E-state index in [1.165, 1.54) is 61.1 Å². The molecule has 3 aliphatic rings. The minimum Gasteiger partial charge on any atom is -0.333 e. The Morgan fingerprint density at radius 2 is 1.07 bits per heavy atom. The van der Waals surface area contributed by atoms with E-state index in [0.29, 0.717) is 11.8 Å². The molecule has 0 saturated heterocycles. The zero-order chi connectivity index (χ0) is 30.2. The van der Waals surface area contributed by atoms with Gasteiger partial charge in [-0.3, -0.25) is 0 Å². The van der Waals surface area contributed by atoms with Crippen LogP contribution in [0.3, 0.4) is 0 Å². The van der Waals surface area contributed by atoms with Crippen molar-refractivity contribution in [3.05, 3.63) is 150 Å². The molecule has 3 unspecified atom stereocenters. The molecule has 0 aliphatic heterocycles. The van der Waals surface area contributed by atoms with Crippen molar-refractivity contribution >= 4 is 38.6 Å². The summed E-state index contributed by atoms with van der Waals surface area (Å²) in [6.07, 6.45) is 24.3. The Labute approximate surface area is 262 Å². The topological polar surface area (TPSA) is 6.48 Å². The lowest BCUT2D eigenvalue weighted by molar-refractivity contribution is 0.719. The van der Waals surface area contributed by atoms with Crippen molar-refractivity contribution in [2.75, 3.05) is 9.80 Å². The van der Waals surface area contributed by atoms with Crippen molar-refractivity contribution in [1.29, 1.82) is 0 Å². The third kappa shape index (κ3) is 5.24. The van der Waals surface area contributed by atoms with E-state index < -0.39 is 0 Å². The SMILES string of the molecule is CC1=CCC(N(c2ccc(C)cc2)c2c3ccccc3c(N(C3=CCC(C)C=C3)C3=CCC(C)C=C3)c3ccccc23)C=C1. The molecular formula is C42H42N2. The Balaban J connectivity index is 1.53. The van der Waals surface area contributed by atoms with Gasteiger partial charge in [0.1, 0.15) is 0 Å². The van der Waals surface area contributed by atoms with Crippen LogP contribution in [0, 0.1) is 18.8 Å². The number of benzene rings is 4. The van der Waals surface area contributed by atoms with Gasteiger partial charge in [0.25, 0.3) is 0 Å². The maximum atomic E-state index is 2.58. The summed E-state index contributed by atoms with van der Waals surface area (Å²) in [6.45, 7) is 8.96. The van der Waals surface area contributed by atoms with E-state index in [1.54, 1.807) is 0 Å². The van der Waals surface area contributed by atoms with Crippen molar-refractivity contribution in [2.24, 2.45) is 11.8 Å². The first kappa shape index (κ1) is 28.2. The first-order chi connectivity index (χ1) is 21.5. The highest BCUT2D eigenvalue weighted by Crippen LogP contribution is 2.49. The summed E-state index contributed by atoms with van der Waals surface area (Å²) in [6, 6.07) is 27.4. The lowest BCUT2D eigenvalue weighted by Gasteiger charge is -2.37. The normalized spacial score (nSPS) is 21.3. The minimum absolute atomic E-state index is 0.214. The number of aryl methyl sites for hydroxylation is 1. The molecule has 0 spiro atoms. The molecule has 0 bridgehead atoms. The highest BCUT2D eigenvalue weighted by atomic mass is 15.2. The lowest BCUT2D eigenvalue weighted by Crippen LogP contribution is -2.31. The summed E-state index contributed by atoms with van der Waals surface area (Å²) in [7, 11) is 0. The molecule has 2 heteroatoms. The summed E-state index contributed by atoms with van der Waals surface area (Å²) in [5.41, 5.74) is 8.86. The van der Waals surface area contributed by atoms with Crippen molar-refractivity contribution in [2.45, 2.75) is 53.0 Å². The summed E-state index contributed by atoms with van der Waals surface area (Å²) in [5.74, 6) is 1.10. The molecule has 4 aromatic carbocycles. The Bertz CT molecular complexity index is 1800. The van der Waals surface area contributed by atoms with Crippen LogP contribution in [0.15, 0.2) is 144 Å². The first-order valence-electron chi connectivity index (χ1n) is 16.2. The highest BCUT2D eigenvalue weighted by molar-refractivity contribution is 6.21. The van der Waals surface area contributed by atoms with E-state index in [0.717, 1.165) is 19.3 Å². The standard InChI is InChI=1S/C42H42N2/c1-29-13-21-33(22-14-29)43(34-23-15-30(2)16-24-34)41-37-9-5-7-11-39(37)42(40-12-8-6-10-38(40)41)44(35-25-17-31(3)18-26-35)36-27-19-32(4)20-28-36/h5-17,19,21-23,25-28,31-32,34H,18,20,24H2,1-4H3. The van der Waals surface area contributed by atoms with Crippen molar-refractivity contribution in [3.63, 3.8) is 0 Å². The van der Waals surface area contributed by atoms with Gasteiger partial charge < -0.3 is 9.80 Å². The fourth-order valence-corrected chi connectivity index (χ4v) is 6.85. The molecule has 220 valence electrons. The van der Waals surface area contributed by atoms with Crippen LogP contribution in [0.1, 0.15) is 45.6 Å². The maximum Gasteiger partial charge on any atom is 0.0619 e. The third-order valence-corrected chi connectivity index (χ3v) is 9.35. The minimum atomic E-state index is 0.214. The number of fused-ring (bicyclic) bond motifs is 2. The lowest BCUT2D eigenvalue weighted by atomic mass is 9.92. The van der Waals surface area contributed by atoms with E-state index in [2.05, 4.69) is 165 Å². The number of hydrogen-bond donors (Lipinski definition) is 0. The van der Waals surface area contributed by atoms with Crippen LogP contribution < -0.4 is 9.80 Å². The molecule has 0 aromatic heterocycles. The molecule has 7 rings (SSSR count). The molecule has 0 radical (unpaired) electrons. The molecule has 0 amide bonds. The number of anilines is 3. The summed E-state index contributed by atoms with van der Waals surface area (Å²) < 4.78 is 0. The van der Waals surface area contributed by atoms with Crippen LogP contribution >= 0.6 is 0 Å². The molecular weight excluding hydrogens is 532 g/mol. The quantitative estimate of drug-likeness (QED) is 0.167. The van der Waals surface area contributed by atoms with E-state index in [9.17, 15) is 0 Å². The number of allylic oxidation sites excluding steroid dienone is 8. The number of hydrogen-bond acceptors (Lipinski definition) is 2. The van der Waals surface area contributed by atoms with Crippen LogP contribution in [-0.2, 0) is 0 Å². The van der Waals surface area contributed by atoms with Gasteiger partial charge in [-0.15, -0.1) is 0 Å². The van der Waals surface area contributed by atoms with Gasteiger partial charge in [0.15, 0.2) is 0 Å². The molecule has 44 heavy (non-hydrogen) atoms. The second kappa shape index (κ2) is 11.8. The monoisotopic (exact) mass is 574 g/mol. The summed E-state index contributed by atoms with van der Waals surface area (Å²) in [4.78, 5) is 5.11. The third-order valence-electron chi connectivity index (χ3n) is 9.35. The maximum absolute atomic E-state index is 2.58.